The van der Waals surface area contributed by atoms with E-state index in [0.717, 1.165) is 45.8 Å². The third-order valence-electron chi connectivity index (χ3n) is 5.13. The van der Waals surface area contributed by atoms with Crippen molar-refractivity contribution in [3.63, 3.8) is 0 Å². The molecule has 0 saturated heterocycles. The van der Waals surface area contributed by atoms with Crippen LogP contribution in [0.15, 0.2) is 12.1 Å². The standard InChI is InChI=1S/C22H35N3O4S.HI/c1-8-25(6,9-2)11-10-12-28-18-13-16-19(14-17(18)27-7)30-20(24-16)15-23-21(26)29-22(3,4)5;/h13-14H,8-12,15H2,1-7H3;1H. The van der Waals surface area contributed by atoms with E-state index in [1.807, 2.05) is 32.9 Å². The third-order valence-corrected chi connectivity index (χ3v) is 6.15. The van der Waals surface area contributed by atoms with Crippen LogP contribution in [0.5, 0.6) is 11.5 Å². The molecule has 1 amide bonds. The lowest BCUT2D eigenvalue weighted by Gasteiger charge is -2.32. The minimum Gasteiger partial charge on any atom is -1.00 e. The number of fused-ring (bicyclic) bond motifs is 1. The number of rotatable bonds is 10. The number of carbonyl (C=O) groups excluding carboxylic acids is 1. The molecule has 1 N–H and O–H groups in total. The van der Waals surface area contributed by atoms with Gasteiger partial charge in [0, 0.05) is 18.6 Å². The van der Waals surface area contributed by atoms with Crippen LogP contribution in [0, 0.1) is 0 Å². The first kappa shape index (κ1) is 27.7. The molecule has 1 heterocycles. The molecule has 1 aromatic carbocycles. The van der Waals surface area contributed by atoms with Gasteiger partial charge >= 0.3 is 6.09 Å². The molecule has 0 spiro atoms. The molecule has 0 saturated carbocycles. The van der Waals surface area contributed by atoms with Crippen molar-refractivity contribution in [1.29, 1.82) is 0 Å². The number of methoxy groups -OCH3 is 1. The summed E-state index contributed by atoms with van der Waals surface area (Å²) in [6.07, 6.45) is 0.523. The van der Waals surface area contributed by atoms with Gasteiger partial charge in [0.1, 0.15) is 10.6 Å². The number of nitrogens with zero attached hydrogens (tertiary/aromatic N) is 2. The Morgan fingerprint density at radius 3 is 2.45 bits per heavy atom. The molecule has 0 aliphatic rings. The second kappa shape index (κ2) is 12.1. The molecular weight excluding hydrogens is 529 g/mol. The van der Waals surface area contributed by atoms with Crippen molar-refractivity contribution >= 4 is 27.6 Å². The number of benzene rings is 1. The molecule has 0 bridgehead atoms. The van der Waals surface area contributed by atoms with Crippen molar-refractivity contribution in [2.24, 2.45) is 0 Å². The molecule has 0 radical (unpaired) electrons. The highest BCUT2D eigenvalue weighted by atomic mass is 127. The largest absolute Gasteiger partial charge is 1.00 e. The number of carbonyl (C=O) groups is 1. The number of ether oxygens (including phenoxy) is 3. The van der Waals surface area contributed by atoms with E-state index in [9.17, 15) is 4.79 Å². The van der Waals surface area contributed by atoms with Crippen LogP contribution >= 0.6 is 11.3 Å². The maximum Gasteiger partial charge on any atom is 0.408 e. The normalized spacial score (nSPS) is 11.7. The molecule has 0 aliphatic heterocycles. The maximum atomic E-state index is 11.9. The molecule has 9 heteroatoms. The molecule has 0 unspecified atom stereocenters. The smallest absolute Gasteiger partial charge is 0.408 e. The van der Waals surface area contributed by atoms with E-state index in [4.69, 9.17) is 14.2 Å². The molecule has 176 valence electrons. The van der Waals surface area contributed by atoms with E-state index in [-0.39, 0.29) is 24.0 Å². The summed E-state index contributed by atoms with van der Waals surface area (Å²) in [6.45, 7) is 14.2. The lowest BCUT2D eigenvalue weighted by Crippen LogP contribution is -3.00. The Kier molecular flexibility index (Phi) is 10.8. The number of hydrogen-bond acceptors (Lipinski definition) is 6. The fraction of sp³-hybridized carbons (Fsp3) is 0.636. The summed E-state index contributed by atoms with van der Waals surface area (Å²) in [5.41, 5.74) is 0.307. The summed E-state index contributed by atoms with van der Waals surface area (Å²) in [5, 5.41) is 3.55. The topological polar surface area (TPSA) is 69.7 Å². The molecular formula is C22H36IN3O4S. The van der Waals surface area contributed by atoms with Gasteiger partial charge in [-0.3, -0.25) is 0 Å². The molecule has 31 heavy (non-hydrogen) atoms. The van der Waals surface area contributed by atoms with Crippen molar-refractivity contribution < 1.29 is 47.5 Å². The van der Waals surface area contributed by atoms with Gasteiger partial charge in [0.2, 0.25) is 0 Å². The monoisotopic (exact) mass is 565 g/mol. The first-order valence-corrected chi connectivity index (χ1v) is 11.3. The number of nitrogens with one attached hydrogen (secondary N) is 1. The molecule has 1 aromatic heterocycles. The average molecular weight is 566 g/mol. The fourth-order valence-electron chi connectivity index (χ4n) is 2.96. The van der Waals surface area contributed by atoms with Crippen LogP contribution in [0.3, 0.4) is 0 Å². The number of aromatic nitrogens is 1. The Labute approximate surface area is 207 Å². The SMILES string of the molecule is CC[N+](C)(CC)CCCOc1cc2nc(CNC(=O)OC(C)(C)C)sc2cc1OC.[I-]. The number of halogens is 1. The molecule has 2 rings (SSSR count). The van der Waals surface area contributed by atoms with Gasteiger partial charge in [-0.05, 0) is 34.6 Å². The van der Waals surface area contributed by atoms with Crippen LogP contribution in [0.25, 0.3) is 10.2 Å². The minimum atomic E-state index is -0.526. The molecule has 2 aromatic rings. The highest BCUT2D eigenvalue weighted by Crippen LogP contribution is 2.35. The molecule has 7 nitrogen and oxygen atoms in total. The van der Waals surface area contributed by atoms with E-state index >= 15 is 0 Å². The van der Waals surface area contributed by atoms with Crippen LogP contribution in [0.1, 0.15) is 46.0 Å². The highest BCUT2D eigenvalue weighted by Gasteiger charge is 2.18. The first-order chi connectivity index (χ1) is 14.1. The van der Waals surface area contributed by atoms with Crippen LogP contribution in [-0.4, -0.2) is 61.6 Å². The summed E-state index contributed by atoms with van der Waals surface area (Å²) in [5.74, 6) is 1.39. The lowest BCUT2D eigenvalue weighted by molar-refractivity contribution is -0.906. The van der Waals surface area contributed by atoms with Gasteiger partial charge in [-0.25, -0.2) is 9.78 Å². The van der Waals surface area contributed by atoms with Crippen LogP contribution < -0.4 is 38.8 Å². The van der Waals surface area contributed by atoms with Gasteiger partial charge in [0.25, 0.3) is 0 Å². The van der Waals surface area contributed by atoms with Crippen molar-refractivity contribution in [1.82, 2.24) is 10.3 Å². The van der Waals surface area contributed by atoms with Gasteiger partial charge in [-0.15, -0.1) is 11.3 Å². The summed E-state index contributed by atoms with van der Waals surface area (Å²) in [7, 11) is 3.91. The first-order valence-electron chi connectivity index (χ1n) is 10.5. The Bertz CT molecular complexity index is 847. The highest BCUT2D eigenvalue weighted by molar-refractivity contribution is 7.18. The Morgan fingerprint density at radius 1 is 1.19 bits per heavy atom. The number of thiazole rings is 1. The summed E-state index contributed by atoms with van der Waals surface area (Å²) < 4.78 is 18.8. The third kappa shape index (κ3) is 8.61. The predicted octanol–water partition coefficient (Wildman–Crippen LogP) is 1.59. The van der Waals surface area contributed by atoms with E-state index in [1.54, 1.807) is 7.11 Å². The Hall–Kier alpha value is -1.33. The van der Waals surface area contributed by atoms with Crippen LogP contribution in [-0.2, 0) is 11.3 Å². The number of quaternary nitrogens is 1. The van der Waals surface area contributed by atoms with Gasteiger partial charge in [-0.1, -0.05) is 0 Å². The van der Waals surface area contributed by atoms with E-state index in [0.29, 0.717) is 24.7 Å². The lowest BCUT2D eigenvalue weighted by atomic mass is 10.2. The zero-order chi connectivity index (χ0) is 22.4. The zero-order valence-electron chi connectivity index (χ0n) is 19.7. The Balaban J connectivity index is 0.00000480. The van der Waals surface area contributed by atoms with E-state index in [2.05, 4.69) is 31.2 Å². The zero-order valence-corrected chi connectivity index (χ0v) is 22.7. The van der Waals surface area contributed by atoms with Gasteiger partial charge in [0.15, 0.2) is 11.5 Å². The maximum absolute atomic E-state index is 11.9. The fourth-order valence-corrected chi connectivity index (χ4v) is 3.88. The van der Waals surface area contributed by atoms with Gasteiger partial charge < -0.3 is 48.0 Å². The van der Waals surface area contributed by atoms with E-state index < -0.39 is 11.7 Å². The number of amides is 1. The summed E-state index contributed by atoms with van der Waals surface area (Å²) in [4.78, 5) is 16.5. The summed E-state index contributed by atoms with van der Waals surface area (Å²) in [6, 6.07) is 3.85. The van der Waals surface area contributed by atoms with E-state index in [1.165, 1.54) is 11.3 Å². The second-order valence-corrected chi connectivity index (χ2v) is 9.73. The minimum absolute atomic E-state index is 0. The molecule has 0 fully saturated rings. The number of alkyl carbamates (subject to hydrolysis) is 1. The van der Waals surface area contributed by atoms with Crippen LogP contribution in [0.4, 0.5) is 4.79 Å². The van der Waals surface area contributed by atoms with Crippen molar-refractivity contribution in [3.05, 3.63) is 17.1 Å². The Morgan fingerprint density at radius 2 is 1.87 bits per heavy atom. The molecule has 0 aliphatic carbocycles. The van der Waals surface area contributed by atoms with Crippen LogP contribution in [0.2, 0.25) is 0 Å². The van der Waals surface area contributed by atoms with Gasteiger partial charge in [0.05, 0.1) is 57.2 Å². The van der Waals surface area contributed by atoms with Gasteiger partial charge in [-0.2, -0.15) is 0 Å². The van der Waals surface area contributed by atoms with Crippen molar-refractivity contribution in [2.75, 3.05) is 40.4 Å². The quantitative estimate of drug-likeness (QED) is 0.269. The average Bonchev–Trinajstić information content (AvgIpc) is 3.09. The van der Waals surface area contributed by atoms with Crippen molar-refractivity contribution in [3.8, 4) is 11.5 Å². The second-order valence-electron chi connectivity index (χ2n) is 8.61. The summed E-state index contributed by atoms with van der Waals surface area (Å²) >= 11 is 1.51. The predicted molar refractivity (Wildman–Crippen MR) is 121 cm³/mol. The molecule has 0 atom stereocenters. The number of hydrogen-bond donors (Lipinski definition) is 1. The van der Waals surface area contributed by atoms with Crippen molar-refractivity contribution in [2.45, 2.75) is 53.2 Å².